The molecule has 0 aliphatic heterocycles. The number of benzene rings is 1. The first kappa shape index (κ1) is 13.3. The summed E-state index contributed by atoms with van der Waals surface area (Å²) in [5.74, 6) is 2.51. The van der Waals surface area contributed by atoms with Gasteiger partial charge in [0.05, 0.1) is 14.2 Å². The van der Waals surface area contributed by atoms with E-state index in [0.29, 0.717) is 0 Å². The van der Waals surface area contributed by atoms with Gasteiger partial charge in [0.25, 0.3) is 0 Å². The van der Waals surface area contributed by atoms with E-state index in [0.717, 1.165) is 47.7 Å². The second kappa shape index (κ2) is 6.17. The van der Waals surface area contributed by atoms with Crippen LogP contribution in [0.2, 0.25) is 0 Å². The van der Waals surface area contributed by atoms with Gasteiger partial charge < -0.3 is 9.47 Å². The van der Waals surface area contributed by atoms with E-state index in [4.69, 9.17) is 9.47 Å². The smallest absolute Gasteiger partial charge is 0.174 e. The van der Waals surface area contributed by atoms with Crippen LogP contribution in [0.25, 0.3) is 0 Å². The zero-order valence-corrected chi connectivity index (χ0v) is 11.4. The molecule has 1 N–H and O–H groups in total. The van der Waals surface area contributed by atoms with Crippen LogP contribution in [-0.2, 0) is 12.8 Å². The number of hydrogen-bond donors (Lipinski definition) is 1. The number of rotatable bonds is 6. The van der Waals surface area contributed by atoms with E-state index >= 15 is 0 Å². The predicted molar refractivity (Wildman–Crippen MR) is 70.5 cm³/mol. The summed E-state index contributed by atoms with van der Waals surface area (Å²) in [7, 11) is 3.36. The molecule has 0 amide bonds. The molecule has 0 spiro atoms. The third-order valence-corrected chi connectivity index (χ3v) is 3.03. The summed E-state index contributed by atoms with van der Waals surface area (Å²) in [6.45, 7) is 2.00. The molecule has 6 heteroatoms. The van der Waals surface area contributed by atoms with Crippen LogP contribution in [0.5, 0.6) is 11.5 Å². The highest BCUT2D eigenvalue weighted by molar-refractivity contribution is 5.46. The largest absolute Gasteiger partial charge is 0.496 e. The molecular formula is C13H18N4O2. The van der Waals surface area contributed by atoms with Gasteiger partial charge >= 0.3 is 0 Å². The molecule has 0 atom stereocenters. The third-order valence-electron chi connectivity index (χ3n) is 3.03. The minimum atomic E-state index is 0.734. The summed E-state index contributed by atoms with van der Waals surface area (Å²) >= 11 is 0. The molecule has 1 heterocycles. The van der Waals surface area contributed by atoms with E-state index in [1.165, 1.54) is 0 Å². The minimum absolute atomic E-state index is 0.734. The van der Waals surface area contributed by atoms with Crippen molar-refractivity contribution in [2.75, 3.05) is 14.2 Å². The molecule has 0 fully saturated rings. The number of methoxy groups -OCH3 is 2. The molecule has 0 saturated heterocycles. The van der Waals surface area contributed by atoms with Gasteiger partial charge in [0, 0.05) is 6.42 Å². The van der Waals surface area contributed by atoms with Gasteiger partial charge in [-0.3, -0.25) is 0 Å². The molecule has 2 aromatic rings. The Kier molecular flexibility index (Phi) is 4.33. The normalized spacial score (nSPS) is 10.5. The van der Waals surface area contributed by atoms with Crippen molar-refractivity contribution < 1.29 is 9.47 Å². The lowest BCUT2D eigenvalue weighted by molar-refractivity contribution is 0.396. The Morgan fingerprint density at radius 3 is 2.53 bits per heavy atom. The second-order valence-corrected chi connectivity index (χ2v) is 4.32. The molecule has 6 nitrogen and oxygen atoms in total. The average Bonchev–Trinajstić information content (AvgIpc) is 2.93. The maximum Gasteiger partial charge on any atom is 0.174 e. The molecule has 1 aromatic heterocycles. The standard InChI is InChI=1S/C13H18N4O2/c1-9-7-12(19-3)10(8-11(9)18-2)5-4-6-13-14-16-17-15-13/h7-8H,4-6H2,1-3H3,(H,14,15,16,17). The van der Waals surface area contributed by atoms with Gasteiger partial charge in [-0.1, -0.05) is 5.21 Å². The van der Waals surface area contributed by atoms with Crippen LogP contribution in [0.15, 0.2) is 12.1 Å². The van der Waals surface area contributed by atoms with Crippen molar-refractivity contribution in [3.05, 3.63) is 29.1 Å². The maximum absolute atomic E-state index is 5.41. The first-order chi connectivity index (χ1) is 9.24. The van der Waals surface area contributed by atoms with Crippen LogP contribution in [0.3, 0.4) is 0 Å². The van der Waals surface area contributed by atoms with E-state index in [1.807, 2.05) is 19.1 Å². The number of aromatic amines is 1. The lowest BCUT2D eigenvalue weighted by atomic mass is 10.0. The number of nitrogens with zero attached hydrogens (tertiary/aromatic N) is 3. The van der Waals surface area contributed by atoms with Crippen LogP contribution in [0, 0.1) is 6.92 Å². The molecule has 19 heavy (non-hydrogen) atoms. The minimum Gasteiger partial charge on any atom is -0.496 e. The Morgan fingerprint density at radius 1 is 1.11 bits per heavy atom. The Morgan fingerprint density at radius 2 is 1.89 bits per heavy atom. The summed E-state index contributed by atoms with van der Waals surface area (Å²) < 4.78 is 10.8. The first-order valence-electron chi connectivity index (χ1n) is 6.18. The lowest BCUT2D eigenvalue weighted by Crippen LogP contribution is -1.98. The zero-order valence-electron chi connectivity index (χ0n) is 11.4. The topological polar surface area (TPSA) is 72.9 Å². The van der Waals surface area contributed by atoms with Crippen molar-refractivity contribution in [2.24, 2.45) is 0 Å². The summed E-state index contributed by atoms with van der Waals surface area (Å²) in [6, 6.07) is 4.03. The second-order valence-electron chi connectivity index (χ2n) is 4.32. The molecule has 0 aliphatic carbocycles. The molecule has 0 saturated carbocycles. The third kappa shape index (κ3) is 3.21. The number of aryl methyl sites for hydroxylation is 3. The van der Waals surface area contributed by atoms with Crippen molar-refractivity contribution in [1.82, 2.24) is 20.6 Å². The summed E-state index contributed by atoms with van der Waals surface area (Å²) in [4.78, 5) is 0. The first-order valence-corrected chi connectivity index (χ1v) is 6.18. The van der Waals surface area contributed by atoms with E-state index in [9.17, 15) is 0 Å². The van der Waals surface area contributed by atoms with Crippen molar-refractivity contribution in [3.8, 4) is 11.5 Å². The van der Waals surface area contributed by atoms with Crippen LogP contribution in [0.4, 0.5) is 0 Å². The fourth-order valence-electron chi connectivity index (χ4n) is 2.03. The van der Waals surface area contributed by atoms with Crippen molar-refractivity contribution in [1.29, 1.82) is 0 Å². The van der Waals surface area contributed by atoms with E-state index in [1.54, 1.807) is 14.2 Å². The summed E-state index contributed by atoms with van der Waals surface area (Å²) in [5, 5.41) is 13.9. The van der Waals surface area contributed by atoms with Crippen molar-refractivity contribution >= 4 is 0 Å². The lowest BCUT2D eigenvalue weighted by Gasteiger charge is -2.12. The van der Waals surface area contributed by atoms with Crippen LogP contribution >= 0.6 is 0 Å². The van der Waals surface area contributed by atoms with Crippen molar-refractivity contribution in [2.45, 2.75) is 26.2 Å². The van der Waals surface area contributed by atoms with Gasteiger partial charge in [-0.05, 0) is 43.0 Å². The molecule has 0 radical (unpaired) electrons. The number of tetrazole rings is 1. The average molecular weight is 262 g/mol. The van der Waals surface area contributed by atoms with Gasteiger partial charge in [0.1, 0.15) is 11.5 Å². The van der Waals surface area contributed by atoms with E-state index < -0.39 is 0 Å². The highest BCUT2D eigenvalue weighted by Gasteiger charge is 2.09. The number of aromatic nitrogens is 4. The Balaban J connectivity index is 2.05. The van der Waals surface area contributed by atoms with E-state index in [2.05, 4.69) is 20.6 Å². The monoisotopic (exact) mass is 262 g/mol. The molecule has 2 rings (SSSR count). The Hall–Kier alpha value is -2.11. The molecule has 0 bridgehead atoms. The molecule has 0 aliphatic rings. The quantitative estimate of drug-likeness (QED) is 0.857. The fraction of sp³-hybridized carbons (Fsp3) is 0.462. The van der Waals surface area contributed by atoms with Gasteiger partial charge in [-0.2, -0.15) is 5.21 Å². The SMILES string of the molecule is COc1cc(CCCc2nn[nH]n2)c(OC)cc1C. The Labute approximate surface area is 112 Å². The molecule has 102 valence electrons. The number of nitrogens with one attached hydrogen (secondary N) is 1. The van der Waals surface area contributed by atoms with E-state index in [-0.39, 0.29) is 0 Å². The van der Waals surface area contributed by atoms with Gasteiger partial charge in [0.15, 0.2) is 5.82 Å². The van der Waals surface area contributed by atoms with Gasteiger partial charge in [0.2, 0.25) is 0 Å². The highest BCUT2D eigenvalue weighted by atomic mass is 16.5. The highest BCUT2D eigenvalue weighted by Crippen LogP contribution is 2.29. The number of ether oxygens (including phenoxy) is 2. The molecule has 1 aromatic carbocycles. The molecular weight excluding hydrogens is 244 g/mol. The molecule has 0 unspecified atom stereocenters. The van der Waals surface area contributed by atoms with Crippen LogP contribution in [0.1, 0.15) is 23.4 Å². The predicted octanol–water partition coefficient (Wildman–Crippen LogP) is 1.70. The van der Waals surface area contributed by atoms with Crippen LogP contribution < -0.4 is 9.47 Å². The number of H-pyrrole nitrogens is 1. The number of hydrogen-bond acceptors (Lipinski definition) is 5. The zero-order chi connectivity index (χ0) is 13.7. The fourth-order valence-corrected chi connectivity index (χ4v) is 2.03. The van der Waals surface area contributed by atoms with Gasteiger partial charge in [-0.25, -0.2) is 0 Å². The van der Waals surface area contributed by atoms with Crippen LogP contribution in [-0.4, -0.2) is 34.8 Å². The Bertz CT molecular complexity index is 526. The summed E-state index contributed by atoms with van der Waals surface area (Å²) in [5.41, 5.74) is 2.20. The maximum atomic E-state index is 5.41. The van der Waals surface area contributed by atoms with Gasteiger partial charge in [-0.15, -0.1) is 10.2 Å². The summed E-state index contributed by atoms with van der Waals surface area (Å²) in [6.07, 6.45) is 2.60. The van der Waals surface area contributed by atoms with Crippen molar-refractivity contribution in [3.63, 3.8) is 0 Å².